The zero-order valence-electron chi connectivity index (χ0n) is 10.8. The quantitative estimate of drug-likeness (QED) is 0.843. The lowest BCUT2D eigenvalue weighted by molar-refractivity contribution is -0.119. The highest BCUT2D eigenvalue weighted by Crippen LogP contribution is 2.11. The summed E-state index contributed by atoms with van der Waals surface area (Å²) in [6.07, 6.45) is 1.61. The van der Waals surface area contributed by atoms with E-state index >= 15 is 0 Å². The Balaban J connectivity index is 1.83. The van der Waals surface area contributed by atoms with E-state index in [4.69, 9.17) is 4.74 Å². The van der Waals surface area contributed by atoms with Crippen molar-refractivity contribution in [2.24, 2.45) is 0 Å². The monoisotopic (exact) mass is 336 g/mol. The Kier molecular flexibility index (Phi) is 4.57. The van der Waals surface area contributed by atoms with Gasteiger partial charge in [0.1, 0.15) is 5.69 Å². The number of carbonyl (C=O) groups is 2. The number of aryl methyl sites for hydroxylation is 1. The lowest BCUT2D eigenvalue weighted by Crippen LogP contribution is -2.21. The van der Waals surface area contributed by atoms with Gasteiger partial charge in [-0.1, -0.05) is 17.7 Å². The second kappa shape index (κ2) is 6.38. The molecule has 0 fully saturated rings. The number of halogens is 1. The fraction of sp³-hybridized carbons (Fsp3) is 0.143. The second-order valence-electron chi connectivity index (χ2n) is 4.22. The molecule has 1 amide bonds. The zero-order chi connectivity index (χ0) is 14.5. The minimum absolute atomic E-state index is 0.292. The molecular weight excluding hydrogens is 324 g/mol. The third-order valence-electron chi connectivity index (χ3n) is 2.54. The van der Waals surface area contributed by atoms with Crippen molar-refractivity contribution in [3.05, 3.63) is 52.3 Å². The van der Waals surface area contributed by atoms with Crippen LogP contribution >= 0.6 is 15.9 Å². The fourth-order valence-electron chi connectivity index (χ4n) is 1.53. The van der Waals surface area contributed by atoms with Gasteiger partial charge in [0.25, 0.3) is 5.91 Å². The van der Waals surface area contributed by atoms with Gasteiger partial charge in [-0.05, 0) is 41.1 Å². The fourth-order valence-corrected chi connectivity index (χ4v) is 1.87. The van der Waals surface area contributed by atoms with E-state index in [1.165, 1.54) is 0 Å². The highest BCUT2D eigenvalue weighted by molar-refractivity contribution is 9.10. The molecule has 1 aromatic heterocycles. The van der Waals surface area contributed by atoms with Crippen molar-refractivity contribution in [2.45, 2.75) is 6.92 Å². The Morgan fingerprint density at radius 2 is 2.00 bits per heavy atom. The Labute approximate surface area is 124 Å². The third kappa shape index (κ3) is 3.96. The minimum atomic E-state index is -0.574. The number of carbonyl (C=O) groups excluding carboxylic acids is 2. The van der Waals surface area contributed by atoms with Crippen LogP contribution in [0.3, 0.4) is 0 Å². The Morgan fingerprint density at radius 1 is 1.30 bits per heavy atom. The Morgan fingerprint density at radius 3 is 2.60 bits per heavy atom. The number of anilines is 1. The Hall–Kier alpha value is -2.08. The van der Waals surface area contributed by atoms with Crippen LogP contribution in [0.5, 0.6) is 0 Å². The van der Waals surface area contributed by atoms with Crippen LogP contribution in [0.25, 0.3) is 0 Å². The molecule has 0 aliphatic carbocycles. The summed E-state index contributed by atoms with van der Waals surface area (Å²) in [5, 5.41) is 2.65. The number of amides is 1. The van der Waals surface area contributed by atoms with E-state index in [-0.39, 0.29) is 12.5 Å². The molecular formula is C14H13BrN2O3. The van der Waals surface area contributed by atoms with Gasteiger partial charge >= 0.3 is 5.97 Å². The average molecular weight is 337 g/mol. The number of benzene rings is 1. The van der Waals surface area contributed by atoms with Crippen LogP contribution in [-0.4, -0.2) is 23.5 Å². The molecule has 0 saturated heterocycles. The van der Waals surface area contributed by atoms with E-state index < -0.39 is 5.97 Å². The highest BCUT2D eigenvalue weighted by Gasteiger charge is 2.11. The number of hydrogen-bond donors (Lipinski definition) is 2. The molecule has 2 rings (SSSR count). The predicted octanol–water partition coefficient (Wildman–Crippen LogP) is 2.88. The van der Waals surface area contributed by atoms with Gasteiger partial charge in [0, 0.05) is 16.4 Å². The summed E-state index contributed by atoms with van der Waals surface area (Å²) >= 11 is 3.21. The molecule has 1 heterocycles. The normalized spacial score (nSPS) is 10.1. The van der Waals surface area contributed by atoms with Crippen molar-refractivity contribution in [2.75, 3.05) is 11.9 Å². The van der Waals surface area contributed by atoms with Crippen LogP contribution in [0.1, 0.15) is 16.1 Å². The average Bonchev–Trinajstić information content (AvgIpc) is 2.85. The first-order valence-electron chi connectivity index (χ1n) is 5.92. The highest BCUT2D eigenvalue weighted by atomic mass is 79.9. The van der Waals surface area contributed by atoms with E-state index in [1.54, 1.807) is 24.4 Å². The van der Waals surface area contributed by atoms with E-state index in [0.717, 1.165) is 10.0 Å². The van der Waals surface area contributed by atoms with Crippen molar-refractivity contribution in [1.82, 2.24) is 4.98 Å². The topological polar surface area (TPSA) is 71.2 Å². The van der Waals surface area contributed by atoms with E-state index in [0.29, 0.717) is 11.4 Å². The van der Waals surface area contributed by atoms with Gasteiger partial charge in [0.05, 0.1) is 0 Å². The summed E-state index contributed by atoms with van der Waals surface area (Å²) < 4.78 is 5.64. The largest absolute Gasteiger partial charge is 0.451 e. The van der Waals surface area contributed by atoms with Crippen LogP contribution in [0.15, 0.2) is 41.0 Å². The minimum Gasteiger partial charge on any atom is -0.451 e. The van der Waals surface area contributed by atoms with Crippen LogP contribution in [-0.2, 0) is 9.53 Å². The maximum absolute atomic E-state index is 11.6. The molecule has 0 radical (unpaired) electrons. The zero-order valence-corrected chi connectivity index (χ0v) is 12.4. The molecule has 5 nitrogen and oxygen atoms in total. The molecule has 0 atom stereocenters. The molecule has 0 saturated carbocycles. The van der Waals surface area contributed by atoms with Gasteiger partial charge in [0.15, 0.2) is 6.61 Å². The second-order valence-corrected chi connectivity index (χ2v) is 5.14. The summed E-state index contributed by atoms with van der Waals surface area (Å²) in [4.78, 5) is 26.0. The van der Waals surface area contributed by atoms with E-state index in [2.05, 4.69) is 26.2 Å². The van der Waals surface area contributed by atoms with Gasteiger partial charge in [0.2, 0.25) is 0 Å². The van der Waals surface area contributed by atoms with Crippen molar-refractivity contribution in [1.29, 1.82) is 0 Å². The van der Waals surface area contributed by atoms with Gasteiger partial charge in [-0.3, -0.25) is 4.79 Å². The van der Waals surface area contributed by atoms with Crippen molar-refractivity contribution >= 4 is 33.5 Å². The molecule has 2 aromatic rings. The Bertz CT molecular complexity index is 620. The smallest absolute Gasteiger partial charge is 0.355 e. The van der Waals surface area contributed by atoms with Crippen LogP contribution in [0, 0.1) is 6.92 Å². The molecule has 6 heteroatoms. The van der Waals surface area contributed by atoms with Gasteiger partial charge in [-0.15, -0.1) is 0 Å². The molecule has 0 aliphatic heterocycles. The lowest BCUT2D eigenvalue weighted by atomic mass is 10.2. The molecule has 2 N–H and O–H groups in total. The van der Waals surface area contributed by atoms with Crippen molar-refractivity contribution < 1.29 is 14.3 Å². The van der Waals surface area contributed by atoms with Crippen molar-refractivity contribution in [3.8, 4) is 0 Å². The van der Waals surface area contributed by atoms with Gasteiger partial charge < -0.3 is 15.0 Å². The van der Waals surface area contributed by atoms with Crippen LogP contribution < -0.4 is 5.32 Å². The molecule has 0 spiro atoms. The molecule has 0 aliphatic rings. The van der Waals surface area contributed by atoms with E-state index in [9.17, 15) is 9.59 Å². The standard InChI is InChI=1S/C14H13BrN2O3/c1-9-2-4-11(5-3-9)17-13(18)8-20-14(19)12-6-10(15)7-16-12/h2-7,16H,8H2,1H3,(H,17,18). The first-order chi connectivity index (χ1) is 9.54. The molecule has 20 heavy (non-hydrogen) atoms. The first kappa shape index (κ1) is 14.3. The SMILES string of the molecule is Cc1ccc(NC(=O)COC(=O)c2cc(Br)c[nH]2)cc1. The molecule has 104 valence electrons. The number of aromatic nitrogens is 1. The number of nitrogens with one attached hydrogen (secondary N) is 2. The molecule has 0 unspecified atom stereocenters. The van der Waals surface area contributed by atoms with Gasteiger partial charge in [-0.2, -0.15) is 0 Å². The van der Waals surface area contributed by atoms with Gasteiger partial charge in [-0.25, -0.2) is 4.79 Å². The number of esters is 1. The lowest BCUT2D eigenvalue weighted by Gasteiger charge is -2.06. The number of H-pyrrole nitrogens is 1. The summed E-state index contributed by atoms with van der Waals surface area (Å²) in [7, 11) is 0. The number of rotatable bonds is 4. The summed E-state index contributed by atoms with van der Waals surface area (Å²) in [6.45, 7) is 1.63. The number of hydrogen-bond acceptors (Lipinski definition) is 3. The summed E-state index contributed by atoms with van der Waals surface area (Å²) in [5.41, 5.74) is 2.06. The predicted molar refractivity (Wildman–Crippen MR) is 78.6 cm³/mol. The summed E-state index contributed by atoms with van der Waals surface area (Å²) in [6, 6.07) is 8.94. The number of ether oxygens (including phenoxy) is 1. The third-order valence-corrected chi connectivity index (χ3v) is 3.00. The summed E-state index contributed by atoms with van der Waals surface area (Å²) in [5.74, 6) is -0.956. The number of aromatic amines is 1. The first-order valence-corrected chi connectivity index (χ1v) is 6.71. The maximum atomic E-state index is 11.6. The van der Waals surface area contributed by atoms with E-state index in [1.807, 2.05) is 19.1 Å². The van der Waals surface area contributed by atoms with Crippen molar-refractivity contribution in [3.63, 3.8) is 0 Å². The molecule has 0 bridgehead atoms. The maximum Gasteiger partial charge on any atom is 0.355 e. The van der Waals surface area contributed by atoms with Crippen LogP contribution in [0.2, 0.25) is 0 Å². The van der Waals surface area contributed by atoms with Crippen LogP contribution in [0.4, 0.5) is 5.69 Å². The molecule has 1 aromatic carbocycles.